The normalized spacial score (nSPS) is 12.2. The van der Waals surface area contributed by atoms with Crippen LogP contribution < -0.4 is 19.9 Å². The van der Waals surface area contributed by atoms with Gasteiger partial charge in [-0.1, -0.05) is 54.6 Å². The smallest absolute Gasteiger partial charge is 0.294 e. The SMILES string of the molecule is CCOc1ccc(Nc2ccc(C(c3ccc(N(CC)Cc4cccc(S(=O)(=O)O)c4)cc3)c3ccc(N(CC)Cc4cccc(S(=O)(=O)O)c4)cc3C)cc2)cc1. The van der Waals surface area contributed by atoms with E-state index in [0.29, 0.717) is 32.8 Å². The van der Waals surface area contributed by atoms with Crippen molar-refractivity contribution in [3.8, 4) is 5.75 Å². The van der Waals surface area contributed by atoms with Crippen LogP contribution in [0.4, 0.5) is 22.7 Å². The van der Waals surface area contributed by atoms with E-state index in [2.05, 4.69) is 88.8 Å². The fourth-order valence-corrected chi connectivity index (χ4v) is 8.26. The quantitative estimate of drug-likeness (QED) is 0.0603. The Morgan fingerprint density at radius 1 is 0.586 bits per heavy atom. The molecule has 0 amide bonds. The van der Waals surface area contributed by atoms with Crippen molar-refractivity contribution in [3.63, 3.8) is 0 Å². The van der Waals surface area contributed by atoms with Crippen LogP contribution in [0.2, 0.25) is 0 Å². The Labute approximate surface area is 342 Å². The maximum atomic E-state index is 11.8. The summed E-state index contributed by atoms with van der Waals surface area (Å²) in [6, 6.07) is 43.9. The second-order valence-corrected chi connectivity index (χ2v) is 16.9. The molecule has 0 aliphatic heterocycles. The van der Waals surface area contributed by atoms with Crippen LogP contribution in [0.5, 0.6) is 5.75 Å². The molecule has 3 N–H and O–H groups in total. The van der Waals surface area contributed by atoms with Gasteiger partial charge in [0.15, 0.2) is 0 Å². The Hall–Kier alpha value is -5.66. The zero-order chi connectivity index (χ0) is 41.5. The molecule has 58 heavy (non-hydrogen) atoms. The van der Waals surface area contributed by atoms with Gasteiger partial charge in [-0.2, -0.15) is 16.8 Å². The van der Waals surface area contributed by atoms with Crippen LogP contribution in [0.1, 0.15) is 60.1 Å². The largest absolute Gasteiger partial charge is 0.494 e. The van der Waals surface area contributed by atoms with Crippen molar-refractivity contribution < 1.29 is 30.7 Å². The lowest BCUT2D eigenvalue weighted by Crippen LogP contribution is -2.22. The molecule has 10 nitrogen and oxygen atoms in total. The van der Waals surface area contributed by atoms with Crippen molar-refractivity contribution >= 4 is 43.0 Å². The van der Waals surface area contributed by atoms with Crippen LogP contribution >= 0.6 is 0 Å². The van der Waals surface area contributed by atoms with Crippen LogP contribution in [0, 0.1) is 6.92 Å². The molecule has 0 aromatic heterocycles. The average Bonchev–Trinajstić information content (AvgIpc) is 3.21. The standard InChI is InChI=1S/C46H49N3O7S2/c1-5-48(31-34-10-8-12-43(29-34)57(50,51)52)40-22-16-37(17-23-40)46(36-14-18-38(19-15-36)47-39-20-25-42(26-21-39)56-7-3)45-27-24-41(28-33(45)4)49(6-2)32-35-11-9-13-44(30-35)58(53,54)55/h8-30,46-47H,5-7,31-32H2,1-4H3,(H,50,51,52)(H,53,54,55). The molecule has 6 aromatic carbocycles. The van der Waals surface area contributed by atoms with Crippen LogP contribution in [-0.4, -0.2) is 45.6 Å². The van der Waals surface area contributed by atoms with E-state index in [9.17, 15) is 25.9 Å². The summed E-state index contributed by atoms with van der Waals surface area (Å²) in [6.07, 6.45) is 0. The first-order valence-corrected chi connectivity index (χ1v) is 22.1. The van der Waals surface area contributed by atoms with E-state index in [0.717, 1.165) is 61.9 Å². The molecule has 0 saturated carbocycles. The van der Waals surface area contributed by atoms with E-state index in [1.807, 2.05) is 57.2 Å². The highest BCUT2D eigenvalue weighted by atomic mass is 32.2. The number of hydrogen-bond acceptors (Lipinski definition) is 8. The third-order valence-corrected chi connectivity index (χ3v) is 11.8. The van der Waals surface area contributed by atoms with E-state index in [1.165, 1.54) is 24.3 Å². The summed E-state index contributed by atoms with van der Waals surface area (Å²) in [5.41, 5.74) is 9.79. The van der Waals surface area contributed by atoms with Gasteiger partial charge in [0.25, 0.3) is 20.2 Å². The predicted molar refractivity (Wildman–Crippen MR) is 232 cm³/mol. The summed E-state index contributed by atoms with van der Waals surface area (Å²) in [6.45, 7) is 11.0. The van der Waals surface area contributed by atoms with Crippen LogP contribution in [-0.2, 0) is 33.3 Å². The van der Waals surface area contributed by atoms with Gasteiger partial charge in [-0.15, -0.1) is 0 Å². The van der Waals surface area contributed by atoms with Gasteiger partial charge in [0.1, 0.15) is 5.75 Å². The number of ether oxygens (including phenoxy) is 1. The zero-order valence-corrected chi connectivity index (χ0v) is 34.7. The first kappa shape index (κ1) is 42.0. The van der Waals surface area contributed by atoms with Gasteiger partial charge in [-0.25, -0.2) is 0 Å². The Balaban J connectivity index is 1.32. The minimum atomic E-state index is -4.32. The van der Waals surface area contributed by atoms with E-state index in [1.54, 1.807) is 12.1 Å². The molecular formula is C46H49N3O7S2. The van der Waals surface area contributed by atoms with E-state index in [4.69, 9.17) is 4.74 Å². The molecule has 0 heterocycles. The minimum absolute atomic E-state index is 0.120. The summed E-state index contributed by atoms with van der Waals surface area (Å²) in [7, 11) is -8.63. The molecule has 1 unspecified atom stereocenters. The molecule has 0 saturated heterocycles. The lowest BCUT2D eigenvalue weighted by atomic mass is 9.82. The van der Waals surface area contributed by atoms with Gasteiger partial charge in [0, 0.05) is 54.8 Å². The summed E-state index contributed by atoms with van der Waals surface area (Å²) in [4.78, 5) is 4.05. The van der Waals surface area contributed by atoms with Crippen molar-refractivity contribution in [3.05, 3.63) is 173 Å². The van der Waals surface area contributed by atoms with Gasteiger partial charge >= 0.3 is 0 Å². The average molecular weight is 820 g/mol. The number of rotatable bonds is 17. The Morgan fingerprint density at radius 3 is 1.52 bits per heavy atom. The fraction of sp³-hybridized carbons (Fsp3) is 0.217. The Bertz CT molecular complexity index is 2550. The molecule has 1 atom stereocenters. The highest BCUT2D eigenvalue weighted by Gasteiger charge is 2.21. The summed E-state index contributed by atoms with van der Waals surface area (Å²) < 4.78 is 72.0. The van der Waals surface area contributed by atoms with Gasteiger partial charge in [-0.05, 0) is 146 Å². The molecule has 6 rings (SSSR count). The van der Waals surface area contributed by atoms with E-state index < -0.39 is 20.2 Å². The molecule has 0 radical (unpaired) electrons. The first-order chi connectivity index (χ1) is 27.7. The zero-order valence-electron chi connectivity index (χ0n) is 33.0. The summed E-state index contributed by atoms with van der Waals surface area (Å²) in [5.74, 6) is 0.700. The minimum Gasteiger partial charge on any atom is -0.494 e. The predicted octanol–water partition coefficient (Wildman–Crippen LogP) is 9.86. The first-order valence-electron chi connectivity index (χ1n) is 19.2. The fourth-order valence-electron chi connectivity index (χ4n) is 7.16. The third-order valence-electron chi connectivity index (χ3n) is 10.1. The summed E-state index contributed by atoms with van der Waals surface area (Å²) in [5, 5.41) is 3.49. The number of aryl methyl sites for hydroxylation is 1. The molecular weight excluding hydrogens is 771 g/mol. The third kappa shape index (κ3) is 10.4. The number of hydrogen-bond donors (Lipinski definition) is 3. The molecule has 6 aromatic rings. The molecule has 0 aliphatic rings. The van der Waals surface area contributed by atoms with Crippen molar-refractivity contribution in [2.24, 2.45) is 0 Å². The van der Waals surface area contributed by atoms with Crippen molar-refractivity contribution in [2.45, 2.75) is 56.5 Å². The number of nitrogens with zero attached hydrogens (tertiary/aromatic N) is 2. The summed E-state index contributed by atoms with van der Waals surface area (Å²) >= 11 is 0. The number of benzene rings is 6. The van der Waals surface area contributed by atoms with Crippen LogP contribution in [0.3, 0.4) is 0 Å². The van der Waals surface area contributed by atoms with E-state index in [-0.39, 0.29) is 15.7 Å². The molecule has 0 spiro atoms. The van der Waals surface area contributed by atoms with Crippen LogP contribution in [0.25, 0.3) is 0 Å². The van der Waals surface area contributed by atoms with Gasteiger partial charge in [0.2, 0.25) is 0 Å². The topological polar surface area (TPSA) is 136 Å². The molecule has 0 fully saturated rings. The molecule has 0 aliphatic carbocycles. The molecule has 12 heteroatoms. The van der Waals surface area contributed by atoms with Crippen molar-refractivity contribution in [1.82, 2.24) is 0 Å². The van der Waals surface area contributed by atoms with Gasteiger partial charge in [0.05, 0.1) is 16.4 Å². The second-order valence-electron chi connectivity index (χ2n) is 14.0. The highest BCUT2D eigenvalue weighted by molar-refractivity contribution is 7.86. The number of nitrogens with one attached hydrogen (secondary N) is 1. The second kappa shape index (κ2) is 18.3. The van der Waals surface area contributed by atoms with Crippen molar-refractivity contribution in [1.29, 1.82) is 0 Å². The lowest BCUT2D eigenvalue weighted by Gasteiger charge is -2.27. The van der Waals surface area contributed by atoms with Gasteiger partial charge in [-0.3, -0.25) is 9.11 Å². The Morgan fingerprint density at radius 2 is 1.05 bits per heavy atom. The monoisotopic (exact) mass is 819 g/mol. The van der Waals surface area contributed by atoms with Gasteiger partial charge < -0.3 is 19.9 Å². The van der Waals surface area contributed by atoms with E-state index >= 15 is 0 Å². The molecule has 302 valence electrons. The maximum absolute atomic E-state index is 11.8. The van der Waals surface area contributed by atoms with Crippen molar-refractivity contribution in [2.75, 3.05) is 34.8 Å². The highest BCUT2D eigenvalue weighted by Crippen LogP contribution is 2.37. The lowest BCUT2D eigenvalue weighted by molar-refractivity contribution is 0.340. The maximum Gasteiger partial charge on any atom is 0.294 e. The Kier molecular flexibility index (Phi) is 13.2. The molecule has 0 bridgehead atoms. The van der Waals surface area contributed by atoms with Crippen LogP contribution in [0.15, 0.2) is 149 Å². The number of anilines is 4.